The van der Waals surface area contributed by atoms with Crippen LogP contribution in [-0.2, 0) is 0 Å². The van der Waals surface area contributed by atoms with Crippen molar-refractivity contribution in [3.05, 3.63) is 47.8 Å². The van der Waals surface area contributed by atoms with Gasteiger partial charge in [0, 0.05) is 19.7 Å². The Kier molecular flexibility index (Phi) is 5.80. The summed E-state index contributed by atoms with van der Waals surface area (Å²) in [6.07, 6.45) is 0.442. The van der Waals surface area contributed by atoms with Crippen LogP contribution in [0.25, 0.3) is 0 Å². The Balaban J connectivity index is 1.96. The maximum Gasteiger partial charge on any atom is 0.164 e. The van der Waals surface area contributed by atoms with Gasteiger partial charge in [-0.2, -0.15) is 0 Å². The second-order valence-corrected chi connectivity index (χ2v) is 4.71. The Morgan fingerprint density at radius 3 is 2.57 bits per heavy atom. The molecular formula is C17H19FN2O3. The van der Waals surface area contributed by atoms with Crippen molar-refractivity contribution in [3.8, 4) is 11.5 Å². The van der Waals surface area contributed by atoms with Crippen LogP contribution in [0.5, 0.6) is 11.5 Å². The fourth-order valence-corrected chi connectivity index (χ4v) is 2.12. The number of carbonyl (C=O) groups is 1. The van der Waals surface area contributed by atoms with Gasteiger partial charge in [0.1, 0.15) is 12.4 Å². The molecule has 0 heterocycles. The van der Waals surface area contributed by atoms with Gasteiger partial charge in [0.2, 0.25) is 0 Å². The van der Waals surface area contributed by atoms with Gasteiger partial charge in [0.15, 0.2) is 17.8 Å². The molecule has 2 aromatic carbocycles. The van der Waals surface area contributed by atoms with Crippen LogP contribution in [0.1, 0.15) is 10.4 Å². The van der Waals surface area contributed by atoms with Gasteiger partial charge in [-0.05, 0) is 18.2 Å². The highest BCUT2D eigenvalue weighted by molar-refractivity contribution is 5.77. The van der Waals surface area contributed by atoms with Crippen molar-refractivity contribution in [1.29, 1.82) is 0 Å². The molecule has 0 amide bonds. The van der Waals surface area contributed by atoms with Crippen LogP contribution >= 0.6 is 0 Å². The Hall–Kier alpha value is -2.76. The molecule has 0 aromatic heterocycles. The van der Waals surface area contributed by atoms with Gasteiger partial charge >= 0.3 is 0 Å². The number of benzene rings is 2. The average Bonchev–Trinajstić information content (AvgIpc) is 2.59. The van der Waals surface area contributed by atoms with E-state index in [1.54, 1.807) is 0 Å². The first-order valence-corrected chi connectivity index (χ1v) is 7.15. The van der Waals surface area contributed by atoms with Crippen LogP contribution in [0.15, 0.2) is 36.4 Å². The molecule has 0 aliphatic heterocycles. The molecule has 0 unspecified atom stereocenters. The summed E-state index contributed by atoms with van der Waals surface area (Å²) in [5.41, 5.74) is 1.87. The number of rotatable bonds is 8. The van der Waals surface area contributed by atoms with Crippen LogP contribution in [-0.4, -0.2) is 33.6 Å². The smallest absolute Gasteiger partial charge is 0.164 e. The van der Waals surface area contributed by atoms with Crippen LogP contribution in [0.2, 0.25) is 0 Å². The lowest BCUT2D eigenvalue weighted by Gasteiger charge is -2.14. The maximum atomic E-state index is 13.6. The second kappa shape index (κ2) is 8.03. The van der Waals surface area contributed by atoms with Gasteiger partial charge in [-0.3, -0.25) is 4.79 Å². The normalized spacial score (nSPS) is 10.0. The van der Waals surface area contributed by atoms with Crippen molar-refractivity contribution in [2.75, 3.05) is 37.9 Å². The number of ether oxygens (including phenoxy) is 2. The molecular weight excluding hydrogens is 299 g/mol. The number of hydrogen-bond acceptors (Lipinski definition) is 5. The largest absolute Gasteiger partial charge is 0.493 e. The SMILES string of the molecule is CNc1ccccc1NCCOc1cc(F)c(C=O)cc1OC. The topological polar surface area (TPSA) is 59.6 Å². The lowest BCUT2D eigenvalue weighted by Crippen LogP contribution is -2.13. The first-order valence-electron chi connectivity index (χ1n) is 7.15. The molecule has 2 N–H and O–H groups in total. The van der Waals surface area contributed by atoms with Gasteiger partial charge in [0.05, 0.1) is 24.0 Å². The molecule has 122 valence electrons. The van der Waals surface area contributed by atoms with Crippen molar-refractivity contribution in [2.24, 2.45) is 0 Å². The third kappa shape index (κ3) is 4.12. The number of methoxy groups -OCH3 is 1. The van der Waals surface area contributed by atoms with Gasteiger partial charge in [-0.15, -0.1) is 0 Å². The van der Waals surface area contributed by atoms with Gasteiger partial charge in [-0.25, -0.2) is 4.39 Å². The molecule has 5 nitrogen and oxygen atoms in total. The molecule has 0 bridgehead atoms. The number of para-hydroxylation sites is 2. The van der Waals surface area contributed by atoms with Crippen LogP contribution < -0.4 is 20.1 Å². The standard InChI is InChI=1S/C17H19FN2O3/c1-19-14-5-3-4-6-15(14)20-7-8-23-17-10-13(18)12(11-21)9-16(17)22-2/h3-6,9-11,19-20H,7-8H2,1-2H3. The zero-order valence-electron chi connectivity index (χ0n) is 13.1. The van der Waals surface area contributed by atoms with Crippen molar-refractivity contribution < 1.29 is 18.7 Å². The van der Waals surface area contributed by atoms with E-state index in [-0.39, 0.29) is 11.3 Å². The van der Waals surface area contributed by atoms with Crippen molar-refractivity contribution in [2.45, 2.75) is 0 Å². The van der Waals surface area contributed by atoms with Crippen molar-refractivity contribution in [3.63, 3.8) is 0 Å². The number of nitrogens with one attached hydrogen (secondary N) is 2. The molecule has 0 fully saturated rings. The van der Waals surface area contributed by atoms with Crippen LogP contribution in [0.3, 0.4) is 0 Å². The maximum absolute atomic E-state index is 13.6. The second-order valence-electron chi connectivity index (χ2n) is 4.71. The van der Waals surface area contributed by atoms with Crippen LogP contribution in [0.4, 0.5) is 15.8 Å². The first-order chi connectivity index (χ1) is 11.2. The predicted octanol–water partition coefficient (Wildman–Crippen LogP) is 3.18. The fraction of sp³-hybridized carbons (Fsp3) is 0.235. The Morgan fingerprint density at radius 1 is 1.17 bits per heavy atom. The summed E-state index contributed by atoms with van der Waals surface area (Å²) in [5, 5.41) is 6.32. The van der Waals surface area contributed by atoms with E-state index in [0.717, 1.165) is 17.4 Å². The summed E-state index contributed by atoms with van der Waals surface area (Å²) in [6, 6.07) is 10.3. The van der Waals surface area contributed by atoms with E-state index in [2.05, 4.69) is 10.6 Å². The van der Waals surface area contributed by atoms with Crippen molar-refractivity contribution in [1.82, 2.24) is 0 Å². The Labute approximate surface area is 134 Å². The summed E-state index contributed by atoms with van der Waals surface area (Å²) in [7, 11) is 3.29. The van der Waals surface area contributed by atoms with E-state index < -0.39 is 5.82 Å². The van der Waals surface area contributed by atoms with E-state index in [4.69, 9.17) is 9.47 Å². The summed E-state index contributed by atoms with van der Waals surface area (Å²) >= 11 is 0. The molecule has 0 spiro atoms. The molecule has 0 aliphatic carbocycles. The van der Waals surface area contributed by atoms with Gasteiger partial charge in [0.25, 0.3) is 0 Å². The molecule has 0 saturated heterocycles. The quantitative estimate of drug-likeness (QED) is 0.578. The lowest BCUT2D eigenvalue weighted by molar-refractivity contribution is 0.111. The van der Waals surface area contributed by atoms with E-state index >= 15 is 0 Å². The zero-order valence-corrected chi connectivity index (χ0v) is 13.1. The molecule has 23 heavy (non-hydrogen) atoms. The highest BCUT2D eigenvalue weighted by atomic mass is 19.1. The molecule has 0 aliphatic rings. The van der Waals surface area contributed by atoms with Gasteiger partial charge in [-0.1, -0.05) is 12.1 Å². The zero-order chi connectivity index (χ0) is 16.7. The van der Waals surface area contributed by atoms with E-state index in [9.17, 15) is 9.18 Å². The molecule has 0 atom stereocenters. The first kappa shape index (κ1) is 16.6. The number of anilines is 2. The third-order valence-electron chi connectivity index (χ3n) is 3.28. The lowest BCUT2D eigenvalue weighted by atomic mass is 10.2. The number of aldehydes is 1. The minimum absolute atomic E-state index is 0.0599. The summed E-state index contributed by atoms with van der Waals surface area (Å²) < 4.78 is 24.3. The Bertz CT molecular complexity index is 677. The number of carbonyl (C=O) groups excluding carboxylic acids is 1. The predicted molar refractivity (Wildman–Crippen MR) is 88.3 cm³/mol. The van der Waals surface area contributed by atoms with Crippen LogP contribution in [0, 0.1) is 5.82 Å². The molecule has 0 saturated carbocycles. The van der Waals surface area contributed by atoms with Crippen molar-refractivity contribution >= 4 is 17.7 Å². The number of halogens is 1. The van der Waals surface area contributed by atoms with E-state index in [1.807, 2.05) is 31.3 Å². The minimum atomic E-state index is -0.635. The molecule has 0 radical (unpaired) electrons. The molecule has 2 rings (SSSR count). The third-order valence-corrected chi connectivity index (χ3v) is 3.28. The van der Waals surface area contributed by atoms with Gasteiger partial charge < -0.3 is 20.1 Å². The average molecular weight is 318 g/mol. The molecule has 6 heteroatoms. The monoisotopic (exact) mass is 318 g/mol. The summed E-state index contributed by atoms with van der Waals surface area (Å²) in [6.45, 7) is 0.840. The summed E-state index contributed by atoms with van der Waals surface area (Å²) in [5.74, 6) is -0.0484. The molecule has 2 aromatic rings. The number of hydrogen-bond donors (Lipinski definition) is 2. The van der Waals surface area contributed by atoms with E-state index in [0.29, 0.717) is 25.2 Å². The Morgan fingerprint density at radius 2 is 1.91 bits per heavy atom. The summed E-state index contributed by atoms with van der Waals surface area (Å²) in [4.78, 5) is 10.7. The minimum Gasteiger partial charge on any atom is -0.493 e. The highest BCUT2D eigenvalue weighted by Crippen LogP contribution is 2.29. The van der Waals surface area contributed by atoms with E-state index in [1.165, 1.54) is 13.2 Å². The highest BCUT2D eigenvalue weighted by Gasteiger charge is 2.11. The fourth-order valence-electron chi connectivity index (χ4n) is 2.12.